The summed E-state index contributed by atoms with van der Waals surface area (Å²) in [5.74, 6) is -0.295. The predicted molar refractivity (Wildman–Crippen MR) is 99.5 cm³/mol. The lowest BCUT2D eigenvalue weighted by Gasteiger charge is -2.07. The number of Topliss-reactive ketones (excluding diaryl/α,β-unsaturated/α-hetero) is 1. The van der Waals surface area contributed by atoms with Crippen molar-refractivity contribution in [3.8, 4) is 0 Å². The minimum atomic E-state index is -3.40. The van der Waals surface area contributed by atoms with Crippen molar-refractivity contribution in [3.05, 3.63) is 57.0 Å². The topological polar surface area (TPSA) is 125 Å². The first-order valence-corrected chi connectivity index (χ1v) is 9.69. The van der Waals surface area contributed by atoms with Crippen LogP contribution in [0.15, 0.2) is 40.2 Å². The Morgan fingerprint density at radius 3 is 2.33 bits per heavy atom. The van der Waals surface area contributed by atoms with E-state index in [-0.39, 0.29) is 23.5 Å². The van der Waals surface area contributed by atoms with Gasteiger partial charge < -0.3 is 4.57 Å². The van der Waals surface area contributed by atoms with Crippen LogP contribution in [0.3, 0.4) is 0 Å². The van der Waals surface area contributed by atoms with E-state index in [1.54, 1.807) is 0 Å². The van der Waals surface area contributed by atoms with Crippen molar-refractivity contribution >= 4 is 32.7 Å². The van der Waals surface area contributed by atoms with E-state index >= 15 is 0 Å². The molecule has 1 aromatic carbocycles. The number of imidazole rings is 1. The molecular formula is C16H17N5O5S. The zero-order chi connectivity index (χ0) is 19.9. The van der Waals surface area contributed by atoms with Crippen LogP contribution in [0, 0.1) is 0 Å². The second kappa shape index (κ2) is 6.50. The molecule has 0 aliphatic rings. The molecule has 2 aromatic heterocycles. The van der Waals surface area contributed by atoms with Crippen molar-refractivity contribution < 1.29 is 13.2 Å². The molecule has 0 spiro atoms. The van der Waals surface area contributed by atoms with Crippen LogP contribution in [0.4, 0.5) is 5.69 Å². The highest BCUT2D eigenvalue weighted by molar-refractivity contribution is 7.92. The second-order valence-electron chi connectivity index (χ2n) is 6.13. The number of rotatable bonds is 5. The number of fused-ring (bicyclic) bond motifs is 1. The highest BCUT2D eigenvalue weighted by atomic mass is 32.2. The monoisotopic (exact) mass is 391 g/mol. The molecule has 0 saturated carbocycles. The quantitative estimate of drug-likeness (QED) is 0.595. The summed E-state index contributed by atoms with van der Waals surface area (Å²) in [4.78, 5) is 40.9. The second-order valence-corrected chi connectivity index (χ2v) is 7.87. The fourth-order valence-electron chi connectivity index (χ4n) is 2.70. The number of hydrogen-bond donors (Lipinski definition) is 1. The van der Waals surface area contributed by atoms with E-state index < -0.39 is 21.3 Å². The van der Waals surface area contributed by atoms with Gasteiger partial charge in [0.15, 0.2) is 16.9 Å². The van der Waals surface area contributed by atoms with Crippen LogP contribution in [0.5, 0.6) is 0 Å². The lowest BCUT2D eigenvalue weighted by molar-refractivity contribution is 0.0973. The van der Waals surface area contributed by atoms with E-state index in [2.05, 4.69) is 9.71 Å². The number of nitrogens with one attached hydrogen (secondary N) is 1. The molecule has 0 bridgehead atoms. The number of nitrogens with zero attached hydrogens (tertiary/aromatic N) is 4. The summed E-state index contributed by atoms with van der Waals surface area (Å²) >= 11 is 0. The number of carbonyl (C=O) groups excluding carboxylic acids is 1. The largest absolute Gasteiger partial charge is 0.332 e. The van der Waals surface area contributed by atoms with Crippen LogP contribution in [0.1, 0.15) is 10.4 Å². The summed E-state index contributed by atoms with van der Waals surface area (Å²) < 4.78 is 28.3. The first-order valence-electron chi connectivity index (χ1n) is 7.80. The molecule has 27 heavy (non-hydrogen) atoms. The molecular weight excluding hydrogens is 374 g/mol. The molecule has 0 fully saturated rings. The molecule has 11 heteroatoms. The number of benzene rings is 1. The Labute approximate surface area is 153 Å². The normalized spacial score (nSPS) is 11.7. The van der Waals surface area contributed by atoms with E-state index in [1.807, 2.05) is 0 Å². The number of carbonyl (C=O) groups is 1. The Hall–Kier alpha value is -3.21. The predicted octanol–water partition coefficient (Wildman–Crippen LogP) is -0.312. The average Bonchev–Trinajstić information content (AvgIpc) is 3.01. The average molecular weight is 391 g/mol. The van der Waals surface area contributed by atoms with Gasteiger partial charge in [0.05, 0.1) is 19.1 Å². The molecule has 3 rings (SSSR count). The smallest absolute Gasteiger partial charge is 0.317 e. The van der Waals surface area contributed by atoms with Crippen LogP contribution >= 0.6 is 0 Å². The standard InChI is InChI=1S/C16H17N5O5S/c1-19-14-13(15(23)20(2)16(19)24)21(9-17-14)8-12(22)10-4-6-11(7-5-10)18-27(3,25)26/h4-7,9,18H,8H2,1-3H3. The number of hydrogen-bond acceptors (Lipinski definition) is 6. The van der Waals surface area contributed by atoms with Gasteiger partial charge >= 0.3 is 5.69 Å². The number of ketones is 1. The Balaban J connectivity index is 1.93. The summed E-state index contributed by atoms with van der Waals surface area (Å²) in [7, 11) is -0.550. The minimum Gasteiger partial charge on any atom is -0.317 e. The van der Waals surface area contributed by atoms with Crippen molar-refractivity contribution in [2.24, 2.45) is 14.1 Å². The molecule has 0 atom stereocenters. The maximum atomic E-state index is 12.5. The fraction of sp³-hybridized carbons (Fsp3) is 0.250. The van der Waals surface area contributed by atoms with Crippen LogP contribution in [0.2, 0.25) is 0 Å². The van der Waals surface area contributed by atoms with Gasteiger partial charge in [-0.1, -0.05) is 0 Å². The Kier molecular flexibility index (Phi) is 4.47. The molecule has 142 valence electrons. The zero-order valence-corrected chi connectivity index (χ0v) is 15.6. The Morgan fingerprint density at radius 2 is 1.74 bits per heavy atom. The molecule has 0 amide bonds. The van der Waals surface area contributed by atoms with E-state index in [9.17, 15) is 22.8 Å². The SMILES string of the molecule is Cn1c(=O)c2c(ncn2CC(=O)c2ccc(NS(C)(=O)=O)cc2)n(C)c1=O. The first kappa shape index (κ1) is 18.6. The van der Waals surface area contributed by atoms with Crippen molar-refractivity contribution in [2.45, 2.75) is 6.54 Å². The van der Waals surface area contributed by atoms with E-state index in [1.165, 1.54) is 53.8 Å². The summed E-state index contributed by atoms with van der Waals surface area (Å²) in [6.45, 7) is -0.150. The number of anilines is 1. The van der Waals surface area contributed by atoms with Gasteiger partial charge in [-0.05, 0) is 24.3 Å². The van der Waals surface area contributed by atoms with Gasteiger partial charge in [0.2, 0.25) is 10.0 Å². The van der Waals surface area contributed by atoms with Gasteiger partial charge in [0.1, 0.15) is 0 Å². The summed E-state index contributed by atoms with van der Waals surface area (Å²) in [6, 6.07) is 5.93. The number of aryl methyl sites for hydroxylation is 1. The summed E-state index contributed by atoms with van der Waals surface area (Å²) in [5, 5.41) is 0. The van der Waals surface area contributed by atoms with Crippen LogP contribution < -0.4 is 16.0 Å². The number of aromatic nitrogens is 4. The third kappa shape index (κ3) is 3.53. The minimum absolute atomic E-state index is 0.150. The molecule has 2 heterocycles. The van der Waals surface area contributed by atoms with E-state index in [0.717, 1.165) is 10.8 Å². The molecule has 10 nitrogen and oxygen atoms in total. The Morgan fingerprint density at radius 1 is 1.11 bits per heavy atom. The third-order valence-electron chi connectivity index (χ3n) is 4.04. The van der Waals surface area contributed by atoms with Gasteiger partial charge in [-0.2, -0.15) is 0 Å². The van der Waals surface area contributed by atoms with Gasteiger partial charge in [-0.25, -0.2) is 18.2 Å². The summed E-state index contributed by atoms with van der Waals surface area (Å²) in [5.41, 5.74) is -0.000370. The molecule has 0 radical (unpaired) electrons. The molecule has 0 aliphatic carbocycles. The maximum absolute atomic E-state index is 12.5. The van der Waals surface area contributed by atoms with Gasteiger partial charge in [-0.3, -0.25) is 23.4 Å². The van der Waals surface area contributed by atoms with Crippen LogP contribution in [-0.2, 0) is 30.7 Å². The van der Waals surface area contributed by atoms with Crippen molar-refractivity contribution in [1.29, 1.82) is 0 Å². The van der Waals surface area contributed by atoms with Gasteiger partial charge in [0.25, 0.3) is 5.56 Å². The van der Waals surface area contributed by atoms with Crippen LogP contribution in [0.25, 0.3) is 11.2 Å². The van der Waals surface area contributed by atoms with E-state index in [4.69, 9.17) is 0 Å². The van der Waals surface area contributed by atoms with Crippen molar-refractivity contribution in [2.75, 3.05) is 11.0 Å². The summed E-state index contributed by atoms with van der Waals surface area (Å²) in [6.07, 6.45) is 2.37. The van der Waals surface area contributed by atoms with Gasteiger partial charge in [-0.15, -0.1) is 0 Å². The van der Waals surface area contributed by atoms with Gasteiger partial charge in [0, 0.05) is 25.3 Å². The third-order valence-corrected chi connectivity index (χ3v) is 4.65. The zero-order valence-electron chi connectivity index (χ0n) is 14.8. The molecule has 1 N–H and O–H groups in total. The van der Waals surface area contributed by atoms with Crippen LogP contribution in [-0.4, -0.2) is 39.1 Å². The molecule has 3 aromatic rings. The first-order chi connectivity index (χ1) is 12.6. The number of sulfonamides is 1. The molecule has 0 saturated heterocycles. The highest BCUT2D eigenvalue weighted by Crippen LogP contribution is 2.13. The lowest BCUT2D eigenvalue weighted by atomic mass is 10.1. The Bertz CT molecular complexity index is 1270. The van der Waals surface area contributed by atoms with Crippen molar-refractivity contribution in [1.82, 2.24) is 18.7 Å². The molecule has 0 unspecified atom stereocenters. The highest BCUT2D eigenvalue weighted by Gasteiger charge is 2.16. The maximum Gasteiger partial charge on any atom is 0.332 e. The van der Waals surface area contributed by atoms with Crippen molar-refractivity contribution in [3.63, 3.8) is 0 Å². The van der Waals surface area contributed by atoms with E-state index in [0.29, 0.717) is 11.3 Å². The fourth-order valence-corrected chi connectivity index (χ4v) is 3.27. The lowest BCUT2D eigenvalue weighted by Crippen LogP contribution is -2.37. The molecule has 0 aliphatic heterocycles.